The first-order valence-corrected chi connectivity index (χ1v) is 14.4. The molecule has 4 nitrogen and oxygen atoms in total. The Morgan fingerprint density at radius 3 is 2.29 bits per heavy atom. The summed E-state index contributed by atoms with van der Waals surface area (Å²) in [7, 11) is 5.45. The summed E-state index contributed by atoms with van der Waals surface area (Å²) in [5, 5.41) is 0. The Labute approximate surface area is 206 Å². The standard InChI is InChI=1S/C27H28F2INO3/c1-17-5-7-18(8-6-17)27-22-15-24(34-16-25(28)29)23(33-4)13-19(22)14-26(32)30(27)20-9-11-21(12-10-20)31(2)3/h5-13,15,25,27H,14,16H2,1-4H3. The van der Waals surface area contributed by atoms with Crippen LogP contribution >= 0.6 is 19.8 Å². The fourth-order valence-corrected chi connectivity index (χ4v) is 10.5. The second kappa shape index (κ2) is 10.3. The van der Waals surface area contributed by atoms with Crippen molar-refractivity contribution < 1.29 is 23.0 Å². The number of ether oxygens (including phenoxy) is 2. The number of anilines is 1. The van der Waals surface area contributed by atoms with Crippen LogP contribution in [0.3, 0.4) is 0 Å². The van der Waals surface area contributed by atoms with Gasteiger partial charge in [0.15, 0.2) is 0 Å². The molecule has 1 atom stereocenters. The molecule has 7 heteroatoms. The Kier molecular flexibility index (Phi) is 7.40. The maximum atomic E-state index is 13.6. The van der Waals surface area contributed by atoms with E-state index in [9.17, 15) is 13.6 Å². The Bertz CT molecular complexity index is 1160. The molecule has 0 amide bonds. The van der Waals surface area contributed by atoms with E-state index in [4.69, 9.17) is 9.47 Å². The van der Waals surface area contributed by atoms with Crippen molar-refractivity contribution in [2.45, 2.75) is 23.7 Å². The predicted molar refractivity (Wildman–Crippen MR) is 140 cm³/mol. The van der Waals surface area contributed by atoms with Crippen molar-refractivity contribution in [3.63, 3.8) is 0 Å². The Hall–Kier alpha value is -2.68. The van der Waals surface area contributed by atoms with E-state index in [2.05, 4.69) is 36.4 Å². The van der Waals surface area contributed by atoms with E-state index in [-0.39, 0.29) is 13.5 Å². The van der Waals surface area contributed by atoms with E-state index in [1.165, 1.54) is 7.11 Å². The summed E-state index contributed by atoms with van der Waals surface area (Å²) >= 11 is -2.44. The van der Waals surface area contributed by atoms with Crippen LogP contribution in [-0.4, -0.2) is 38.0 Å². The molecule has 0 saturated heterocycles. The molecule has 4 rings (SSSR count). The van der Waals surface area contributed by atoms with Crippen molar-refractivity contribution in [1.82, 2.24) is 0 Å². The van der Waals surface area contributed by atoms with Crippen LogP contribution < -0.4 is 14.4 Å². The van der Waals surface area contributed by atoms with Gasteiger partial charge >= 0.3 is 207 Å². The molecule has 1 heterocycles. The molecule has 0 fully saturated rings. The minimum absolute atomic E-state index is 0.119. The molecule has 0 aliphatic carbocycles. The number of fused-ring (bicyclic) bond motifs is 1. The number of hydrogen-bond acceptors (Lipinski definition) is 4. The molecule has 180 valence electrons. The van der Waals surface area contributed by atoms with Crippen LogP contribution in [0.25, 0.3) is 0 Å². The first-order valence-electron chi connectivity index (χ1n) is 11.0. The van der Waals surface area contributed by atoms with Crippen molar-refractivity contribution >= 4 is 29.3 Å². The SMILES string of the molecule is COc1cc2c(cc1OCC(F)F)C(c1ccc(C)cc1)I(c1ccc(N(C)C)cc1)C(=O)C2. The molecule has 3 aromatic carbocycles. The number of halogens is 3. The minimum atomic E-state index is -2.59. The van der Waals surface area contributed by atoms with Gasteiger partial charge in [0, 0.05) is 0 Å². The monoisotopic (exact) mass is 579 g/mol. The van der Waals surface area contributed by atoms with Crippen molar-refractivity contribution in [1.29, 1.82) is 0 Å². The molecule has 0 saturated carbocycles. The number of carbonyl (C=O) groups excluding carboxylic acids is 1. The van der Waals surface area contributed by atoms with Gasteiger partial charge in [0.1, 0.15) is 0 Å². The van der Waals surface area contributed by atoms with E-state index in [1.54, 1.807) is 6.07 Å². The third-order valence-electron chi connectivity index (χ3n) is 5.79. The Morgan fingerprint density at radius 1 is 1.03 bits per heavy atom. The second-order valence-electron chi connectivity index (χ2n) is 8.39. The number of methoxy groups -OCH3 is 1. The molecule has 0 aromatic heterocycles. The molecule has 1 aliphatic rings. The van der Waals surface area contributed by atoms with Gasteiger partial charge in [-0.1, -0.05) is 0 Å². The zero-order chi connectivity index (χ0) is 24.4. The summed E-state index contributed by atoms with van der Waals surface area (Å²) in [5.74, 6) is 0.652. The molecular weight excluding hydrogens is 551 g/mol. The van der Waals surface area contributed by atoms with E-state index in [1.807, 2.05) is 44.1 Å². The number of benzene rings is 3. The van der Waals surface area contributed by atoms with Gasteiger partial charge in [-0.15, -0.1) is 0 Å². The quantitative estimate of drug-likeness (QED) is 0.188. The van der Waals surface area contributed by atoms with Crippen molar-refractivity contribution in [3.8, 4) is 11.5 Å². The van der Waals surface area contributed by atoms with Crippen LogP contribution in [0.4, 0.5) is 14.5 Å². The molecule has 1 aliphatic heterocycles. The summed E-state index contributed by atoms with van der Waals surface area (Å²) in [4.78, 5) is 15.6. The number of aryl methyl sites for hydroxylation is 1. The van der Waals surface area contributed by atoms with E-state index in [0.29, 0.717) is 12.2 Å². The van der Waals surface area contributed by atoms with Gasteiger partial charge in [-0.25, -0.2) is 0 Å². The van der Waals surface area contributed by atoms with Crippen molar-refractivity contribution in [2.24, 2.45) is 0 Å². The third kappa shape index (κ3) is 5.04. The average molecular weight is 579 g/mol. The zero-order valence-corrected chi connectivity index (χ0v) is 21.8. The van der Waals surface area contributed by atoms with Gasteiger partial charge in [-0.3, -0.25) is 0 Å². The van der Waals surface area contributed by atoms with Gasteiger partial charge in [-0.05, 0) is 0 Å². The number of carbonyl (C=O) groups is 1. The first kappa shape index (κ1) is 24.4. The van der Waals surface area contributed by atoms with E-state index in [0.717, 1.165) is 31.5 Å². The average Bonchev–Trinajstić information content (AvgIpc) is 2.82. The molecule has 34 heavy (non-hydrogen) atoms. The van der Waals surface area contributed by atoms with Crippen LogP contribution in [0.1, 0.15) is 26.2 Å². The first-order chi connectivity index (χ1) is 16.3. The molecular formula is C27H28F2INO3. The summed E-state index contributed by atoms with van der Waals surface area (Å²) in [5.41, 5.74) is 5.11. The number of hydrogen-bond donors (Lipinski definition) is 0. The van der Waals surface area contributed by atoms with Gasteiger partial charge < -0.3 is 0 Å². The van der Waals surface area contributed by atoms with Crippen molar-refractivity contribution in [2.75, 3.05) is 32.7 Å². The van der Waals surface area contributed by atoms with Crippen LogP contribution in [0, 0.1) is 10.5 Å². The van der Waals surface area contributed by atoms with Crippen LogP contribution in [-0.2, 0) is 11.2 Å². The fraction of sp³-hybridized carbons (Fsp3) is 0.296. The third-order valence-corrected chi connectivity index (χ3v) is 12.2. The van der Waals surface area contributed by atoms with Gasteiger partial charge in [0.25, 0.3) is 0 Å². The summed E-state index contributed by atoms with van der Waals surface area (Å²) in [6.45, 7) is 1.32. The molecule has 0 N–H and O–H groups in total. The molecule has 3 aromatic rings. The molecule has 0 bridgehead atoms. The number of nitrogens with zero attached hydrogens (tertiary/aromatic N) is 1. The van der Waals surface area contributed by atoms with Gasteiger partial charge in [0.2, 0.25) is 0 Å². The second-order valence-corrected chi connectivity index (χ2v) is 13.9. The number of rotatable bonds is 7. The molecule has 0 radical (unpaired) electrons. The van der Waals surface area contributed by atoms with E-state index >= 15 is 0 Å². The topological polar surface area (TPSA) is 38.8 Å². The molecule has 0 spiro atoms. The van der Waals surface area contributed by atoms with Gasteiger partial charge in [0.05, 0.1) is 0 Å². The van der Waals surface area contributed by atoms with Crippen LogP contribution in [0.2, 0.25) is 0 Å². The predicted octanol–water partition coefficient (Wildman–Crippen LogP) is 6.26. The zero-order valence-electron chi connectivity index (χ0n) is 19.6. The van der Waals surface area contributed by atoms with Gasteiger partial charge in [-0.2, -0.15) is 0 Å². The summed E-state index contributed by atoms with van der Waals surface area (Å²) < 4.78 is 37.8. The summed E-state index contributed by atoms with van der Waals surface area (Å²) in [6.07, 6.45) is -2.28. The van der Waals surface area contributed by atoms with Crippen molar-refractivity contribution in [3.05, 3.63) is 86.5 Å². The Morgan fingerprint density at radius 2 is 1.71 bits per heavy atom. The van der Waals surface area contributed by atoms with Crippen LogP contribution in [0.5, 0.6) is 11.5 Å². The Balaban J connectivity index is 1.86. The number of alkyl halides is 3. The van der Waals surface area contributed by atoms with Crippen LogP contribution in [0.15, 0.2) is 60.7 Å². The maximum absolute atomic E-state index is 13.6. The normalized spacial score (nSPS) is 16.4. The summed E-state index contributed by atoms with van der Waals surface area (Å²) in [6, 6.07) is 20.1. The molecule has 1 unspecified atom stereocenters. The fourth-order valence-electron chi connectivity index (χ4n) is 4.06. The van der Waals surface area contributed by atoms with E-state index < -0.39 is 32.9 Å².